The normalized spacial score (nSPS) is 11.1. The van der Waals surface area contributed by atoms with Crippen LogP contribution in [0.2, 0.25) is 5.02 Å². The van der Waals surface area contributed by atoms with Crippen molar-refractivity contribution >= 4 is 27.3 Å². The minimum Gasteiger partial charge on any atom is -0.497 e. The summed E-state index contributed by atoms with van der Waals surface area (Å²) in [5, 5.41) is 0.246. The third-order valence-corrected chi connectivity index (χ3v) is 5.53. The molecule has 5 nitrogen and oxygen atoms in total. The van der Waals surface area contributed by atoms with Gasteiger partial charge in [0.1, 0.15) is 11.5 Å². The van der Waals surface area contributed by atoms with E-state index in [0.29, 0.717) is 17.2 Å². The van der Waals surface area contributed by atoms with Crippen LogP contribution in [0.15, 0.2) is 47.4 Å². The molecular formula is C16H18ClNO4S. The van der Waals surface area contributed by atoms with E-state index in [1.54, 1.807) is 31.2 Å². The molecule has 0 spiro atoms. The largest absolute Gasteiger partial charge is 0.497 e. The van der Waals surface area contributed by atoms with E-state index in [1.165, 1.54) is 36.7 Å². The van der Waals surface area contributed by atoms with Gasteiger partial charge in [0.25, 0.3) is 10.0 Å². The molecule has 0 heterocycles. The van der Waals surface area contributed by atoms with Gasteiger partial charge in [0.05, 0.1) is 29.8 Å². The molecule has 0 aliphatic rings. The zero-order valence-electron chi connectivity index (χ0n) is 13.1. The molecule has 0 bridgehead atoms. The molecule has 2 aromatic rings. The van der Waals surface area contributed by atoms with E-state index >= 15 is 0 Å². The Bertz CT molecular complexity index is 792. The Morgan fingerprint density at radius 3 is 2.39 bits per heavy atom. The summed E-state index contributed by atoms with van der Waals surface area (Å²) in [6, 6.07) is 11.3. The van der Waals surface area contributed by atoms with Crippen LogP contribution in [0.25, 0.3) is 0 Å². The van der Waals surface area contributed by atoms with Crippen LogP contribution in [0, 0.1) is 0 Å². The maximum atomic E-state index is 12.9. The Kier molecular flexibility index (Phi) is 5.38. The molecule has 0 radical (unpaired) electrons. The maximum absolute atomic E-state index is 12.9. The van der Waals surface area contributed by atoms with Crippen molar-refractivity contribution in [1.29, 1.82) is 0 Å². The Hall–Kier alpha value is -1.92. The Morgan fingerprint density at radius 1 is 1.09 bits per heavy atom. The molecule has 2 rings (SSSR count). The van der Waals surface area contributed by atoms with Crippen LogP contribution >= 0.6 is 11.6 Å². The van der Waals surface area contributed by atoms with Gasteiger partial charge in [0.2, 0.25) is 0 Å². The van der Waals surface area contributed by atoms with Crippen LogP contribution in [0.3, 0.4) is 0 Å². The van der Waals surface area contributed by atoms with E-state index in [-0.39, 0.29) is 16.5 Å². The van der Waals surface area contributed by atoms with E-state index in [9.17, 15) is 8.42 Å². The average molecular weight is 356 g/mol. The third-order valence-electron chi connectivity index (χ3n) is 3.34. The van der Waals surface area contributed by atoms with Crippen LogP contribution in [-0.2, 0) is 10.0 Å². The number of halogens is 1. The number of ether oxygens (including phenoxy) is 2. The van der Waals surface area contributed by atoms with Crippen molar-refractivity contribution in [2.45, 2.75) is 11.8 Å². The smallest absolute Gasteiger partial charge is 0.264 e. The highest BCUT2D eigenvalue weighted by Gasteiger charge is 2.24. The molecule has 0 amide bonds. The van der Waals surface area contributed by atoms with Crippen LogP contribution in [0.5, 0.6) is 11.5 Å². The lowest BCUT2D eigenvalue weighted by molar-refractivity contribution is 0.414. The fraction of sp³-hybridized carbons (Fsp3) is 0.250. The van der Waals surface area contributed by atoms with Gasteiger partial charge in [-0.2, -0.15) is 0 Å². The van der Waals surface area contributed by atoms with Crippen molar-refractivity contribution in [3.63, 3.8) is 0 Å². The number of hydrogen-bond acceptors (Lipinski definition) is 4. The first-order chi connectivity index (χ1) is 10.9. The number of anilines is 1. The summed E-state index contributed by atoms with van der Waals surface area (Å²) in [5.74, 6) is 1.01. The second-order valence-electron chi connectivity index (χ2n) is 4.67. The first-order valence-electron chi connectivity index (χ1n) is 6.94. The molecule has 7 heteroatoms. The van der Waals surface area contributed by atoms with Crippen molar-refractivity contribution in [3.05, 3.63) is 47.5 Å². The topological polar surface area (TPSA) is 55.8 Å². The first-order valence-corrected chi connectivity index (χ1v) is 8.76. The zero-order chi connectivity index (χ0) is 17.0. The van der Waals surface area contributed by atoms with Gasteiger partial charge in [-0.1, -0.05) is 17.7 Å². The molecule has 0 N–H and O–H groups in total. The lowest BCUT2D eigenvalue weighted by Gasteiger charge is -2.23. The molecule has 0 saturated carbocycles. The fourth-order valence-electron chi connectivity index (χ4n) is 2.19. The zero-order valence-corrected chi connectivity index (χ0v) is 14.7. The number of nitrogens with zero attached hydrogens (tertiary/aromatic N) is 1. The highest BCUT2D eigenvalue weighted by atomic mass is 35.5. The van der Waals surface area contributed by atoms with Gasteiger partial charge >= 0.3 is 0 Å². The third kappa shape index (κ3) is 3.54. The number of hydrogen-bond donors (Lipinski definition) is 0. The highest BCUT2D eigenvalue weighted by Crippen LogP contribution is 2.31. The molecule has 0 fully saturated rings. The molecule has 0 atom stereocenters. The van der Waals surface area contributed by atoms with Crippen LogP contribution in [0.4, 0.5) is 5.69 Å². The van der Waals surface area contributed by atoms with Gasteiger partial charge in [-0.25, -0.2) is 8.42 Å². The summed E-state index contributed by atoms with van der Waals surface area (Å²) in [6.45, 7) is 2.04. The van der Waals surface area contributed by atoms with Crippen LogP contribution < -0.4 is 13.8 Å². The van der Waals surface area contributed by atoms with Gasteiger partial charge in [0.15, 0.2) is 0 Å². The van der Waals surface area contributed by atoms with Gasteiger partial charge in [-0.3, -0.25) is 4.31 Å². The molecule has 2 aromatic carbocycles. The second kappa shape index (κ2) is 7.10. The second-order valence-corrected chi connectivity index (χ2v) is 6.94. The SMILES string of the molecule is CCN(c1cccc(OC)c1)S(=O)(=O)c1ccc(OC)c(Cl)c1. The summed E-state index contributed by atoms with van der Waals surface area (Å²) in [5.41, 5.74) is 0.527. The Labute approximate surface area is 141 Å². The van der Waals surface area contributed by atoms with E-state index in [4.69, 9.17) is 21.1 Å². The summed E-state index contributed by atoms with van der Waals surface area (Å²) < 4.78 is 37.3. The van der Waals surface area contributed by atoms with Gasteiger partial charge < -0.3 is 9.47 Å². The number of benzene rings is 2. The van der Waals surface area contributed by atoms with Crippen molar-refractivity contribution in [2.75, 3.05) is 25.1 Å². The summed E-state index contributed by atoms with van der Waals surface area (Å²) in [6.07, 6.45) is 0. The minimum absolute atomic E-state index is 0.105. The monoisotopic (exact) mass is 355 g/mol. The average Bonchev–Trinajstić information content (AvgIpc) is 2.55. The lowest BCUT2D eigenvalue weighted by Crippen LogP contribution is -2.30. The van der Waals surface area contributed by atoms with Crippen molar-refractivity contribution in [1.82, 2.24) is 0 Å². The Morgan fingerprint density at radius 2 is 1.83 bits per heavy atom. The van der Waals surface area contributed by atoms with E-state index in [0.717, 1.165) is 0 Å². The molecule has 0 saturated heterocycles. The minimum atomic E-state index is -3.74. The number of rotatable bonds is 6. The fourth-order valence-corrected chi connectivity index (χ4v) is 4.01. The van der Waals surface area contributed by atoms with Crippen molar-refractivity contribution in [2.24, 2.45) is 0 Å². The van der Waals surface area contributed by atoms with Gasteiger partial charge in [-0.05, 0) is 37.3 Å². The molecule has 23 heavy (non-hydrogen) atoms. The van der Waals surface area contributed by atoms with Gasteiger partial charge in [0, 0.05) is 12.6 Å². The first kappa shape index (κ1) is 17.4. The predicted molar refractivity (Wildman–Crippen MR) is 91.2 cm³/mol. The Balaban J connectivity index is 2.48. The van der Waals surface area contributed by atoms with E-state index in [2.05, 4.69) is 0 Å². The highest BCUT2D eigenvalue weighted by molar-refractivity contribution is 7.92. The number of sulfonamides is 1. The molecule has 0 aliphatic heterocycles. The van der Waals surface area contributed by atoms with Crippen LogP contribution in [0.1, 0.15) is 6.92 Å². The molecule has 0 aromatic heterocycles. The van der Waals surface area contributed by atoms with Crippen molar-refractivity contribution in [3.8, 4) is 11.5 Å². The standard InChI is InChI=1S/C16H18ClNO4S/c1-4-18(12-6-5-7-13(10-12)21-2)23(19,20)14-8-9-16(22-3)15(17)11-14/h5-11H,4H2,1-3H3. The van der Waals surface area contributed by atoms with Crippen LogP contribution in [-0.4, -0.2) is 29.2 Å². The van der Waals surface area contributed by atoms with Gasteiger partial charge in [-0.15, -0.1) is 0 Å². The van der Waals surface area contributed by atoms with Crippen molar-refractivity contribution < 1.29 is 17.9 Å². The maximum Gasteiger partial charge on any atom is 0.264 e. The summed E-state index contributed by atoms with van der Waals surface area (Å²) >= 11 is 6.05. The lowest BCUT2D eigenvalue weighted by atomic mass is 10.3. The molecule has 124 valence electrons. The molecular weight excluding hydrogens is 338 g/mol. The number of methoxy groups -OCH3 is 2. The predicted octanol–water partition coefficient (Wildman–Crippen LogP) is 3.57. The summed E-state index contributed by atoms with van der Waals surface area (Å²) in [7, 11) is -0.728. The van der Waals surface area contributed by atoms with E-state index < -0.39 is 10.0 Å². The van der Waals surface area contributed by atoms with E-state index in [1.807, 2.05) is 0 Å². The summed E-state index contributed by atoms with van der Waals surface area (Å²) in [4.78, 5) is 0.105. The molecule has 0 unspecified atom stereocenters. The molecule has 0 aliphatic carbocycles. The quantitative estimate of drug-likeness (QED) is 0.794.